The van der Waals surface area contributed by atoms with Crippen molar-refractivity contribution in [1.82, 2.24) is 9.78 Å². The molecule has 0 atom stereocenters. The number of rotatable bonds is 4. The van der Waals surface area contributed by atoms with Crippen molar-refractivity contribution in [2.75, 3.05) is 12.4 Å². The van der Waals surface area contributed by atoms with Gasteiger partial charge in [-0.15, -0.1) is 0 Å². The summed E-state index contributed by atoms with van der Waals surface area (Å²) in [6, 6.07) is 15.4. The lowest BCUT2D eigenvalue weighted by molar-refractivity contribution is 0.102. The molecule has 0 fully saturated rings. The molecule has 1 amide bonds. The maximum atomic E-state index is 12.6. The number of hydrogen-bond acceptors (Lipinski definition) is 3. The van der Waals surface area contributed by atoms with Gasteiger partial charge in [-0.2, -0.15) is 5.10 Å². The fraction of sp³-hybridized carbons (Fsp3) is 0.158. The average Bonchev–Trinajstić information content (AvgIpc) is 2.94. The Bertz CT molecular complexity index is 884. The van der Waals surface area contributed by atoms with Crippen LogP contribution in [0.4, 0.5) is 5.69 Å². The molecule has 0 aliphatic rings. The first kappa shape index (κ1) is 15.8. The van der Waals surface area contributed by atoms with E-state index in [1.54, 1.807) is 25.0 Å². The summed E-state index contributed by atoms with van der Waals surface area (Å²) in [5.41, 5.74) is 3.83. The smallest absolute Gasteiger partial charge is 0.259 e. The van der Waals surface area contributed by atoms with Gasteiger partial charge in [-0.25, -0.2) is 0 Å². The predicted molar refractivity (Wildman–Crippen MR) is 94.3 cm³/mol. The zero-order valence-corrected chi connectivity index (χ0v) is 13.9. The van der Waals surface area contributed by atoms with Crippen LogP contribution in [0.15, 0.2) is 54.7 Å². The monoisotopic (exact) mass is 321 g/mol. The van der Waals surface area contributed by atoms with Crippen LogP contribution in [0, 0.1) is 6.92 Å². The van der Waals surface area contributed by atoms with Gasteiger partial charge >= 0.3 is 0 Å². The SMILES string of the molecule is COc1ccccc1-c1ccccc1NC(=O)c1cn(C)nc1C. The lowest BCUT2D eigenvalue weighted by Gasteiger charge is -2.13. The molecule has 122 valence electrons. The number of carbonyl (C=O) groups is 1. The third kappa shape index (κ3) is 3.01. The second-order valence-electron chi connectivity index (χ2n) is 5.50. The minimum atomic E-state index is -0.178. The molecule has 5 heteroatoms. The Morgan fingerprint density at radius 3 is 2.42 bits per heavy atom. The number of anilines is 1. The van der Waals surface area contributed by atoms with Crippen LogP contribution < -0.4 is 10.1 Å². The predicted octanol–water partition coefficient (Wildman–Crippen LogP) is 3.66. The second-order valence-corrected chi connectivity index (χ2v) is 5.50. The highest BCUT2D eigenvalue weighted by Gasteiger charge is 2.16. The number of aromatic nitrogens is 2. The van der Waals surface area contributed by atoms with Gasteiger partial charge in [0, 0.05) is 30.1 Å². The van der Waals surface area contributed by atoms with Gasteiger partial charge in [0.05, 0.1) is 18.4 Å². The summed E-state index contributed by atoms with van der Waals surface area (Å²) < 4.78 is 7.08. The first-order valence-corrected chi connectivity index (χ1v) is 7.64. The van der Waals surface area contributed by atoms with Crippen molar-refractivity contribution in [1.29, 1.82) is 0 Å². The number of carbonyl (C=O) groups excluding carboxylic acids is 1. The Morgan fingerprint density at radius 1 is 1.08 bits per heavy atom. The van der Waals surface area contributed by atoms with E-state index in [0.29, 0.717) is 11.3 Å². The second kappa shape index (κ2) is 6.58. The van der Waals surface area contributed by atoms with Crippen molar-refractivity contribution in [3.8, 4) is 16.9 Å². The van der Waals surface area contributed by atoms with E-state index in [1.807, 2.05) is 55.5 Å². The van der Waals surface area contributed by atoms with Crippen LogP contribution >= 0.6 is 0 Å². The van der Waals surface area contributed by atoms with E-state index in [0.717, 1.165) is 22.6 Å². The quantitative estimate of drug-likeness (QED) is 0.798. The minimum Gasteiger partial charge on any atom is -0.496 e. The molecule has 5 nitrogen and oxygen atoms in total. The summed E-state index contributed by atoms with van der Waals surface area (Å²) >= 11 is 0. The van der Waals surface area contributed by atoms with Crippen molar-refractivity contribution in [2.45, 2.75) is 6.92 Å². The summed E-state index contributed by atoms with van der Waals surface area (Å²) in [6.07, 6.45) is 1.72. The summed E-state index contributed by atoms with van der Waals surface area (Å²) in [4.78, 5) is 12.6. The van der Waals surface area contributed by atoms with Crippen LogP contribution in [0.25, 0.3) is 11.1 Å². The number of methoxy groups -OCH3 is 1. The number of ether oxygens (including phenoxy) is 1. The van der Waals surface area contributed by atoms with Gasteiger partial charge in [-0.1, -0.05) is 36.4 Å². The number of amides is 1. The standard InChI is InChI=1S/C19H19N3O2/c1-13-16(12-22(2)21-13)19(23)20-17-10-6-4-8-14(17)15-9-5-7-11-18(15)24-3/h4-12H,1-3H3,(H,20,23). The Kier molecular flexibility index (Phi) is 4.33. The number of nitrogens with one attached hydrogen (secondary N) is 1. The van der Waals surface area contributed by atoms with Crippen LogP contribution in [-0.4, -0.2) is 22.8 Å². The van der Waals surface area contributed by atoms with Crippen LogP contribution in [0.1, 0.15) is 16.1 Å². The van der Waals surface area contributed by atoms with Gasteiger partial charge in [0.1, 0.15) is 5.75 Å². The normalized spacial score (nSPS) is 10.5. The maximum absolute atomic E-state index is 12.6. The number of nitrogens with zero attached hydrogens (tertiary/aromatic N) is 2. The van der Waals surface area contributed by atoms with E-state index in [2.05, 4.69) is 10.4 Å². The van der Waals surface area contributed by atoms with Crippen molar-refractivity contribution < 1.29 is 9.53 Å². The number of benzene rings is 2. The first-order chi connectivity index (χ1) is 11.6. The molecule has 1 N–H and O–H groups in total. The molecule has 0 unspecified atom stereocenters. The van der Waals surface area contributed by atoms with E-state index in [9.17, 15) is 4.79 Å². The summed E-state index contributed by atoms with van der Waals surface area (Å²) in [7, 11) is 3.44. The Morgan fingerprint density at radius 2 is 1.75 bits per heavy atom. The van der Waals surface area contributed by atoms with Gasteiger partial charge in [-0.3, -0.25) is 9.48 Å². The number of aryl methyl sites for hydroxylation is 2. The molecule has 0 radical (unpaired) electrons. The van der Waals surface area contributed by atoms with Gasteiger partial charge in [-0.05, 0) is 19.1 Å². The Labute approximate surface area is 140 Å². The van der Waals surface area contributed by atoms with Gasteiger partial charge in [0.15, 0.2) is 0 Å². The molecule has 0 spiro atoms. The molecular formula is C19H19N3O2. The summed E-state index contributed by atoms with van der Waals surface area (Å²) in [6.45, 7) is 1.82. The van der Waals surface area contributed by atoms with Gasteiger partial charge < -0.3 is 10.1 Å². The van der Waals surface area contributed by atoms with Gasteiger partial charge in [0.25, 0.3) is 5.91 Å². The lowest BCUT2D eigenvalue weighted by Crippen LogP contribution is -2.13. The summed E-state index contributed by atoms with van der Waals surface area (Å²) in [5, 5.41) is 7.20. The number of hydrogen-bond donors (Lipinski definition) is 1. The molecule has 1 heterocycles. The molecule has 0 aliphatic heterocycles. The molecule has 0 saturated carbocycles. The third-order valence-electron chi connectivity index (χ3n) is 3.83. The van der Waals surface area contributed by atoms with Crippen molar-refractivity contribution in [3.63, 3.8) is 0 Å². The number of para-hydroxylation sites is 2. The highest BCUT2D eigenvalue weighted by atomic mass is 16.5. The molecule has 24 heavy (non-hydrogen) atoms. The molecule has 1 aromatic heterocycles. The minimum absolute atomic E-state index is 0.178. The van der Waals surface area contributed by atoms with Crippen LogP contribution in [0.3, 0.4) is 0 Å². The molecule has 3 rings (SSSR count). The van der Waals surface area contributed by atoms with E-state index >= 15 is 0 Å². The Balaban J connectivity index is 1.98. The molecule has 2 aromatic carbocycles. The highest BCUT2D eigenvalue weighted by molar-refractivity contribution is 6.07. The third-order valence-corrected chi connectivity index (χ3v) is 3.83. The molecular weight excluding hydrogens is 302 g/mol. The molecule has 0 aliphatic carbocycles. The fourth-order valence-corrected chi connectivity index (χ4v) is 2.71. The zero-order valence-electron chi connectivity index (χ0n) is 13.9. The van der Waals surface area contributed by atoms with Crippen molar-refractivity contribution in [3.05, 3.63) is 66.0 Å². The lowest BCUT2D eigenvalue weighted by atomic mass is 10.0. The maximum Gasteiger partial charge on any atom is 0.259 e. The molecule has 0 saturated heterocycles. The van der Waals surface area contributed by atoms with Gasteiger partial charge in [0.2, 0.25) is 0 Å². The van der Waals surface area contributed by atoms with E-state index in [1.165, 1.54) is 0 Å². The van der Waals surface area contributed by atoms with E-state index in [-0.39, 0.29) is 5.91 Å². The topological polar surface area (TPSA) is 56.1 Å². The molecule has 0 bridgehead atoms. The Hall–Kier alpha value is -3.08. The first-order valence-electron chi connectivity index (χ1n) is 7.64. The van der Waals surface area contributed by atoms with E-state index in [4.69, 9.17) is 4.74 Å². The summed E-state index contributed by atoms with van der Waals surface area (Å²) in [5.74, 6) is 0.583. The highest BCUT2D eigenvalue weighted by Crippen LogP contribution is 2.34. The zero-order chi connectivity index (χ0) is 17.1. The van der Waals surface area contributed by atoms with Crippen LogP contribution in [0.5, 0.6) is 5.75 Å². The fourth-order valence-electron chi connectivity index (χ4n) is 2.71. The van der Waals surface area contributed by atoms with Crippen LogP contribution in [0.2, 0.25) is 0 Å². The van der Waals surface area contributed by atoms with Crippen LogP contribution in [-0.2, 0) is 7.05 Å². The van der Waals surface area contributed by atoms with Crippen molar-refractivity contribution >= 4 is 11.6 Å². The van der Waals surface area contributed by atoms with E-state index < -0.39 is 0 Å². The molecule has 3 aromatic rings. The van der Waals surface area contributed by atoms with Crippen molar-refractivity contribution in [2.24, 2.45) is 7.05 Å². The average molecular weight is 321 g/mol. The largest absolute Gasteiger partial charge is 0.496 e.